The number of hydrogen-bond acceptors (Lipinski definition) is 8. The third kappa shape index (κ3) is 6.21. The van der Waals surface area contributed by atoms with Gasteiger partial charge in [0.2, 0.25) is 0 Å². The number of aliphatic hydroxyl groups is 1. The first-order valence-corrected chi connectivity index (χ1v) is 12.4. The Hall–Kier alpha value is -2.48. The van der Waals surface area contributed by atoms with Gasteiger partial charge in [0.25, 0.3) is 0 Å². The molecule has 8 heteroatoms. The van der Waals surface area contributed by atoms with E-state index in [4.69, 9.17) is 14.2 Å². The van der Waals surface area contributed by atoms with Crippen LogP contribution in [0.15, 0.2) is 23.3 Å². The average Bonchev–Trinajstić information content (AvgIpc) is 2.78. The number of carbonyl (C=O) groups is 4. The first kappa shape index (κ1) is 28.8. The second-order valence-corrected chi connectivity index (χ2v) is 10.1. The standard InChI is InChI=1S/C27H40O8/c1-8-9-23(30)35-21-13-11-15(2)10-12-19(16(3)26(32)33-7)25(31)24-17(4)20(29)14-22(27(21,24)6)34-18(5)28/h10,12,16-17,20-22,24,29H,8-9,11,13-14H2,1-7H3/b15-10-,19-12+/t16-,17-,20-,21-,22+,24-,27+/m1/s1. The van der Waals surface area contributed by atoms with Crippen LogP contribution in [-0.4, -0.2) is 54.2 Å². The molecule has 196 valence electrons. The molecule has 0 spiro atoms. The minimum atomic E-state index is -1.13. The summed E-state index contributed by atoms with van der Waals surface area (Å²) in [7, 11) is 1.27. The molecule has 7 atom stereocenters. The van der Waals surface area contributed by atoms with E-state index >= 15 is 0 Å². The monoisotopic (exact) mass is 492 g/mol. The van der Waals surface area contributed by atoms with Crippen LogP contribution in [0.4, 0.5) is 0 Å². The summed E-state index contributed by atoms with van der Waals surface area (Å²) in [5.74, 6) is -4.10. The number of Topliss-reactive ketones (excluding diaryl/α,β-unsaturated/α-hetero) is 1. The number of hydrogen-bond donors (Lipinski definition) is 1. The van der Waals surface area contributed by atoms with Crippen LogP contribution in [0.1, 0.15) is 73.6 Å². The van der Waals surface area contributed by atoms with Crippen molar-refractivity contribution in [1.82, 2.24) is 0 Å². The summed E-state index contributed by atoms with van der Waals surface area (Å²) >= 11 is 0. The summed E-state index contributed by atoms with van der Waals surface area (Å²) in [5, 5.41) is 10.9. The van der Waals surface area contributed by atoms with E-state index in [1.54, 1.807) is 32.9 Å². The summed E-state index contributed by atoms with van der Waals surface area (Å²) in [4.78, 5) is 51.4. The topological polar surface area (TPSA) is 116 Å². The molecule has 8 nitrogen and oxygen atoms in total. The highest BCUT2D eigenvalue weighted by Crippen LogP contribution is 2.52. The molecule has 0 amide bonds. The fraction of sp³-hybridized carbons (Fsp3) is 0.704. The molecule has 0 saturated heterocycles. The normalized spacial score (nSPS) is 35.3. The van der Waals surface area contributed by atoms with Gasteiger partial charge in [-0.3, -0.25) is 19.2 Å². The molecule has 1 N–H and O–H groups in total. The van der Waals surface area contributed by atoms with Crippen molar-refractivity contribution >= 4 is 23.7 Å². The van der Waals surface area contributed by atoms with Gasteiger partial charge in [-0.1, -0.05) is 38.5 Å². The Labute approximate surface area is 208 Å². The Bertz CT molecular complexity index is 888. The van der Waals surface area contributed by atoms with Gasteiger partial charge in [-0.05, 0) is 39.0 Å². The zero-order valence-corrected chi connectivity index (χ0v) is 22.0. The Morgan fingerprint density at radius 3 is 2.43 bits per heavy atom. The molecule has 1 saturated carbocycles. The molecule has 2 aliphatic rings. The van der Waals surface area contributed by atoms with Crippen molar-refractivity contribution in [1.29, 1.82) is 0 Å². The van der Waals surface area contributed by atoms with Crippen LogP contribution in [0.5, 0.6) is 0 Å². The summed E-state index contributed by atoms with van der Waals surface area (Å²) < 4.78 is 16.6. The van der Waals surface area contributed by atoms with E-state index in [1.807, 2.05) is 13.8 Å². The van der Waals surface area contributed by atoms with Gasteiger partial charge in [-0.2, -0.15) is 0 Å². The first-order chi connectivity index (χ1) is 16.4. The number of allylic oxidation sites excluding steroid dienone is 3. The number of methoxy groups -OCH3 is 1. The Balaban J connectivity index is 2.76. The van der Waals surface area contributed by atoms with Crippen LogP contribution in [0.3, 0.4) is 0 Å². The molecular formula is C27H40O8. The highest BCUT2D eigenvalue weighted by Gasteiger charge is 2.60. The molecule has 2 aliphatic carbocycles. The zero-order chi connectivity index (χ0) is 26.5. The maximum Gasteiger partial charge on any atom is 0.312 e. The van der Waals surface area contributed by atoms with Gasteiger partial charge < -0.3 is 19.3 Å². The highest BCUT2D eigenvalue weighted by molar-refractivity contribution is 6.02. The van der Waals surface area contributed by atoms with Crippen LogP contribution in [0.2, 0.25) is 0 Å². The molecule has 0 aromatic carbocycles. The maximum atomic E-state index is 14.2. The second kappa shape index (κ2) is 12.0. The summed E-state index contributed by atoms with van der Waals surface area (Å²) in [5.41, 5.74) is 0.0616. The van der Waals surface area contributed by atoms with Gasteiger partial charge in [-0.15, -0.1) is 0 Å². The minimum absolute atomic E-state index is 0.114. The van der Waals surface area contributed by atoms with E-state index in [-0.39, 0.29) is 30.2 Å². The largest absolute Gasteiger partial charge is 0.469 e. The molecule has 0 bridgehead atoms. The molecule has 0 aromatic heterocycles. The van der Waals surface area contributed by atoms with Gasteiger partial charge >= 0.3 is 17.9 Å². The smallest absolute Gasteiger partial charge is 0.312 e. The number of ketones is 1. The quantitative estimate of drug-likeness (QED) is 0.441. The molecule has 0 unspecified atom stereocenters. The second-order valence-electron chi connectivity index (χ2n) is 10.1. The molecule has 35 heavy (non-hydrogen) atoms. The number of ether oxygens (including phenoxy) is 3. The zero-order valence-electron chi connectivity index (χ0n) is 22.0. The van der Waals surface area contributed by atoms with E-state index in [0.29, 0.717) is 19.3 Å². The average molecular weight is 493 g/mol. The van der Waals surface area contributed by atoms with E-state index in [2.05, 4.69) is 0 Å². The molecule has 1 fully saturated rings. The molecule has 0 heterocycles. The lowest BCUT2D eigenvalue weighted by Crippen LogP contribution is -2.61. The van der Waals surface area contributed by atoms with Crippen molar-refractivity contribution in [3.63, 3.8) is 0 Å². The number of carbonyl (C=O) groups excluding carboxylic acids is 4. The minimum Gasteiger partial charge on any atom is -0.469 e. The first-order valence-electron chi connectivity index (χ1n) is 12.4. The Morgan fingerprint density at radius 2 is 1.86 bits per heavy atom. The van der Waals surface area contributed by atoms with Gasteiger partial charge in [0.05, 0.1) is 24.5 Å². The van der Waals surface area contributed by atoms with Crippen LogP contribution in [0.25, 0.3) is 0 Å². The lowest BCUT2D eigenvalue weighted by Gasteiger charge is -2.53. The predicted molar refractivity (Wildman–Crippen MR) is 129 cm³/mol. The predicted octanol–water partition coefficient (Wildman–Crippen LogP) is 3.70. The van der Waals surface area contributed by atoms with Crippen molar-refractivity contribution in [2.75, 3.05) is 7.11 Å². The van der Waals surface area contributed by atoms with Crippen molar-refractivity contribution in [3.8, 4) is 0 Å². The van der Waals surface area contributed by atoms with Crippen LogP contribution >= 0.6 is 0 Å². The van der Waals surface area contributed by atoms with Crippen molar-refractivity contribution in [2.24, 2.45) is 23.2 Å². The van der Waals surface area contributed by atoms with E-state index in [1.165, 1.54) is 14.0 Å². The van der Waals surface area contributed by atoms with Gasteiger partial charge in [0, 0.05) is 31.3 Å². The summed E-state index contributed by atoms with van der Waals surface area (Å²) in [6, 6.07) is 0. The molecular weight excluding hydrogens is 452 g/mol. The lowest BCUT2D eigenvalue weighted by atomic mass is 9.54. The Kier molecular flexibility index (Phi) is 9.84. The number of esters is 3. The summed E-state index contributed by atoms with van der Waals surface area (Å²) in [6.45, 7) is 10.2. The molecule has 2 rings (SSSR count). The number of aliphatic hydroxyl groups excluding tert-OH is 1. The van der Waals surface area contributed by atoms with E-state index in [9.17, 15) is 24.3 Å². The van der Waals surface area contributed by atoms with E-state index in [0.717, 1.165) is 5.57 Å². The lowest BCUT2D eigenvalue weighted by molar-refractivity contribution is -0.205. The SMILES string of the molecule is CCCC(=O)O[C@@H]1CC/C(C)=C\C=C(/[C@@H](C)C(=O)OC)C(=O)[C@H]2[C@H](C)[C@H](O)C[C@H](OC(C)=O)[C@]12C. The van der Waals surface area contributed by atoms with E-state index < -0.39 is 53.4 Å². The highest BCUT2D eigenvalue weighted by atomic mass is 16.6. The van der Waals surface area contributed by atoms with Crippen molar-refractivity contribution < 1.29 is 38.5 Å². The Morgan fingerprint density at radius 1 is 1.20 bits per heavy atom. The molecule has 0 radical (unpaired) electrons. The van der Waals surface area contributed by atoms with Crippen LogP contribution in [0, 0.1) is 23.2 Å². The van der Waals surface area contributed by atoms with Crippen molar-refractivity contribution in [2.45, 2.75) is 92.0 Å². The molecule has 0 aliphatic heterocycles. The van der Waals surface area contributed by atoms with Crippen LogP contribution in [-0.2, 0) is 33.4 Å². The molecule has 0 aromatic rings. The summed E-state index contributed by atoms with van der Waals surface area (Å²) in [6.07, 6.45) is 2.85. The van der Waals surface area contributed by atoms with Crippen LogP contribution < -0.4 is 0 Å². The van der Waals surface area contributed by atoms with Crippen molar-refractivity contribution in [3.05, 3.63) is 23.3 Å². The van der Waals surface area contributed by atoms with Gasteiger partial charge in [-0.25, -0.2) is 0 Å². The fourth-order valence-electron chi connectivity index (χ4n) is 5.50. The third-order valence-corrected chi connectivity index (χ3v) is 7.62. The number of fused-ring (bicyclic) bond motifs is 1. The van der Waals surface area contributed by atoms with Gasteiger partial charge in [0.15, 0.2) is 5.78 Å². The number of rotatable bonds is 6. The fourth-order valence-corrected chi connectivity index (χ4v) is 5.50. The van der Waals surface area contributed by atoms with Gasteiger partial charge in [0.1, 0.15) is 12.2 Å². The third-order valence-electron chi connectivity index (χ3n) is 7.62. The maximum absolute atomic E-state index is 14.2.